The molecular weight excluding hydrogens is 1140 g/mol. The summed E-state index contributed by atoms with van der Waals surface area (Å²) in [4.78, 5) is 16.7. The third-order valence-electron chi connectivity index (χ3n) is 16.6. The molecule has 13 nitrogen and oxygen atoms in total. The monoisotopic (exact) mass is 1200 g/mol. The number of thioether (sulfide) groups is 4. The third-order valence-corrected chi connectivity index (χ3v) is 21.0. The van der Waals surface area contributed by atoms with Gasteiger partial charge in [0.05, 0.1) is 79.6 Å². The highest BCUT2D eigenvalue weighted by molar-refractivity contribution is 8.14. The highest BCUT2D eigenvalue weighted by Crippen LogP contribution is 2.50. The molecule has 8 aliphatic rings. The van der Waals surface area contributed by atoms with Crippen LogP contribution >= 0.6 is 47.0 Å². The number of rotatable bonds is 7. The molecule has 4 aromatic carbocycles. The van der Waals surface area contributed by atoms with Crippen molar-refractivity contribution in [2.45, 2.75) is 66.8 Å². The fourth-order valence-electron chi connectivity index (χ4n) is 12.3. The van der Waals surface area contributed by atoms with E-state index in [1.54, 1.807) is 93.8 Å². The Labute approximate surface area is 484 Å². The largest absolute Gasteiger partial charge is 0.394 e. The summed E-state index contributed by atoms with van der Waals surface area (Å²) in [6.45, 7) is 4.65. The van der Waals surface area contributed by atoms with E-state index in [0.717, 1.165) is 51.3 Å². The normalized spacial score (nSPS) is 34.6. The number of fused-ring (bicyclic) bond motifs is 4. The van der Waals surface area contributed by atoms with Crippen molar-refractivity contribution in [3.8, 4) is 0 Å². The second kappa shape index (κ2) is 26.2. The van der Waals surface area contributed by atoms with Crippen molar-refractivity contribution in [3.63, 3.8) is 0 Å². The molecule has 0 amide bonds. The average molecular weight is 1210 g/mol. The van der Waals surface area contributed by atoms with Crippen molar-refractivity contribution in [2.75, 3.05) is 90.9 Å². The smallest absolute Gasteiger partial charge is 0.164 e. The highest BCUT2D eigenvalue weighted by atomic mass is 32.2. The van der Waals surface area contributed by atoms with E-state index >= 15 is 0 Å². The molecule has 0 aliphatic carbocycles. The number of aliphatic hydroxyl groups is 1. The SMILES string of the molecule is CC[C@H]1OC[C@]2(c3cccc(F)c3F)NC(=NC)SC[C@H]12.CN=C1N[C@@]2(c3cccc(F)c3F)CO[C@H](CF)[C@H]2CS1.CN=C1N[C@@]2(c3ccccc3F)CO[C@H](C)[C@H]2CS1.CN=C1N[C@@]2(c3ccccc3F)CO[C@H](CO)[C@H]2CS1. The van der Waals surface area contributed by atoms with Crippen molar-refractivity contribution in [1.82, 2.24) is 21.3 Å². The van der Waals surface area contributed by atoms with Gasteiger partial charge in [-0.3, -0.25) is 20.0 Å². The molecule has 0 aromatic heterocycles. The molecule has 12 rings (SSSR count). The van der Waals surface area contributed by atoms with Gasteiger partial charge in [-0.05, 0) is 37.6 Å². The fourth-order valence-corrected chi connectivity index (χ4v) is 17.2. The van der Waals surface area contributed by atoms with Crippen LogP contribution in [0.4, 0.5) is 30.7 Å². The Morgan fingerprint density at radius 2 is 0.802 bits per heavy atom. The predicted molar refractivity (Wildman–Crippen MR) is 310 cm³/mol. The molecule has 0 radical (unpaired) electrons. The minimum absolute atomic E-state index is 0.0138. The topological polar surface area (TPSA) is 155 Å². The molecule has 0 unspecified atom stereocenters. The third kappa shape index (κ3) is 11.6. The number of hydrogen-bond donors (Lipinski definition) is 5. The molecule has 8 saturated heterocycles. The molecule has 8 fully saturated rings. The lowest BCUT2D eigenvalue weighted by Crippen LogP contribution is -2.56. The van der Waals surface area contributed by atoms with Crippen LogP contribution in [0.2, 0.25) is 0 Å². The van der Waals surface area contributed by atoms with Gasteiger partial charge in [0, 0.05) is 97.1 Å². The molecule has 0 saturated carbocycles. The van der Waals surface area contributed by atoms with Gasteiger partial charge in [0.2, 0.25) is 0 Å². The average Bonchev–Trinajstić information content (AvgIpc) is 3.69. The summed E-state index contributed by atoms with van der Waals surface area (Å²) in [5.74, 6) is -0.835. The first-order valence-corrected chi connectivity index (χ1v) is 30.6. The van der Waals surface area contributed by atoms with Gasteiger partial charge in [-0.1, -0.05) is 115 Å². The molecule has 12 atom stereocenters. The van der Waals surface area contributed by atoms with E-state index in [2.05, 4.69) is 55.1 Å². The molecule has 438 valence electrons. The molecule has 4 aromatic rings. The zero-order valence-electron chi connectivity index (χ0n) is 45.6. The maximum atomic E-state index is 14.4. The standard InChI is InChI=1S/C15H18F2N2OS.C14H15F3N2OS.C14H17FN2O2S.C14H17FN2OS/c1-3-12-10-7-21-14(18-2)19-15(10,8-20-12)9-5-4-6-11(16)13(9)17;1-18-13-19-14(8-3-2-4-10(16)12(8)17)7-20-11(5-15)9(14)6-21-13;1-16-13-17-14(9-4-2-3-5-11(9)15)8-19-12(6-18)10(14)7-20-13;1-9-11-7-19-13(16-2)17-14(11,8-18-9)10-5-3-4-6-12(10)15/h4-6,10,12H,3,7-8H2,1-2H3,(H,18,19);2-4,9,11H,5-7H2,1H3,(H,18,19);2-5,10,12,18H,6-8H2,1H3,(H,16,17);3-6,9,11H,7-8H2,1-2H3,(H,16,17)/t10-,12-,15-;9-,11-,14-;10-,12-,14-;9-,11-,14-/m1111/s1. The van der Waals surface area contributed by atoms with E-state index in [9.17, 15) is 35.8 Å². The van der Waals surface area contributed by atoms with Crippen molar-refractivity contribution in [1.29, 1.82) is 0 Å². The van der Waals surface area contributed by atoms with E-state index in [1.807, 2.05) is 18.2 Å². The summed E-state index contributed by atoms with van der Waals surface area (Å²) in [5, 5.41) is 25.7. The Hall–Kier alpha value is -4.53. The van der Waals surface area contributed by atoms with Crippen LogP contribution in [0.3, 0.4) is 0 Å². The number of halogens is 7. The van der Waals surface area contributed by atoms with E-state index in [1.165, 1.54) is 36.0 Å². The van der Waals surface area contributed by atoms with Gasteiger partial charge in [0.1, 0.15) is 18.3 Å². The van der Waals surface area contributed by atoms with Gasteiger partial charge in [-0.25, -0.2) is 30.7 Å². The number of amidine groups is 4. The predicted octanol–water partition coefficient (Wildman–Crippen LogP) is 9.10. The number of nitrogens with one attached hydrogen (secondary N) is 4. The zero-order valence-corrected chi connectivity index (χ0v) is 48.9. The van der Waals surface area contributed by atoms with Crippen molar-refractivity contribution >= 4 is 67.7 Å². The summed E-state index contributed by atoms with van der Waals surface area (Å²) in [6.07, 6.45) is 0.132. The van der Waals surface area contributed by atoms with Gasteiger partial charge < -0.3 is 45.3 Å². The Kier molecular flexibility index (Phi) is 19.7. The summed E-state index contributed by atoms with van der Waals surface area (Å²) in [7, 11) is 6.78. The molecule has 5 N–H and O–H groups in total. The first kappa shape index (κ1) is 61.0. The molecule has 24 heteroatoms. The first-order chi connectivity index (χ1) is 39.1. The van der Waals surface area contributed by atoms with Crippen LogP contribution in [-0.2, 0) is 41.1 Å². The maximum absolute atomic E-state index is 14.4. The quantitative estimate of drug-likeness (QED) is 0.112. The minimum atomic E-state index is -0.969. The van der Waals surface area contributed by atoms with Gasteiger partial charge in [-0.15, -0.1) is 0 Å². The van der Waals surface area contributed by atoms with E-state index < -0.39 is 58.2 Å². The van der Waals surface area contributed by atoms with E-state index in [-0.39, 0.29) is 72.4 Å². The second-order valence-electron chi connectivity index (χ2n) is 20.6. The van der Waals surface area contributed by atoms with Crippen LogP contribution in [0, 0.1) is 58.6 Å². The van der Waals surface area contributed by atoms with E-state index in [4.69, 9.17) is 18.9 Å². The Bertz CT molecular complexity index is 2910. The van der Waals surface area contributed by atoms with Crippen LogP contribution in [0.15, 0.2) is 105 Å². The Morgan fingerprint density at radius 3 is 1.21 bits per heavy atom. The highest BCUT2D eigenvalue weighted by Gasteiger charge is 2.58. The van der Waals surface area contributed by atoms with Crippen molar-refractivity contribution < 1.29 is 54.8 Å². The number of hydrogen-bond acceptors (Lipinski definition) is 13. The Balaban J connectivity index is 0.000000130. The fraction of sp³-hybridized carbons (Fsp3) is 0.509. The molecular formula is C57H67F7N8O5S4. The number of ether oxygens (including phenoxy) is 4. The van der Waals surface area contributed by atoms with Gasteiger partial charge >= 0.3 is 0 Å². The number of benzene rings is 4. The van der Waals surface area contributed by atoms with Crippen LogP contribution in [0.1, 0.15) is 42.5 Å². The lowest BCUT2D eigenvalue weighted by molar-refractivity contribution is 0.0435. The van der Waals surface area contributed by atoms with Crippen LogP contribution < -0.4 is 21.3 Å². The van der Waals surface area contributed by atoms with Gasteiger partial charge in [-0.2, -0.15) is 0 Å². The number of alkyl halides is 1. The second-order valence-corrected chi connectivity index (χ2v) is 24.7. The van der Waals surface area contributed by atoms with E-state index in [0.29, 0.717) is 47.4 Å². The van der Waals surface area contributed by atoms with Crippen LogP contribution in [0.25, 0.3) is 0 Å². The number of nitrogens with zero attached hydrogens (tertiary/aromatic N) is 4. The zero-order chi connectivity index (χ0) is 57.7. The summed E-state index contributed by atoms with van der Waals surface area (Å²) in [5.41, 5.74) is -1.04. The number of aliphatic imine (C=N–C) groups is 4. The van der Waals surface area contributed by atoms with Crippen LogP contribution in [-0.4, -0.2) is 141 Å². The first-order valence-electron chi connectivity index (χ1n) is 26.7. The summed E-state index contributed by atoms with van der Waals surface area (Å²) in [6, 6.07) is 22.1. The lowest BCUT2D eigenvalue weighted by atomic mass is 9.77. The van der Waals surface area contributed by atoms with Crippen LogP contribution in [0.5, 0.6) is 0 Å². The lowest BCUT2D eigenvalue weighted by Gasteiger charge is -2.41. The molecule has 81 heavy (non-hydrogen) atoms. The maximum Gasteiger partial charge on any atom is 0.164 e. The minimum Gasteiger partial charge on any atom is -0.394 e. The van der Waals surface area contributed by atoms with Crippen molar-refractivity contribution in [3.05, 3.63) is 142 Å². The summed E-state index contributed by atoms with van der Waals surface area (Å²) >= 11 is 6.30. The Morgan fingerprint density at radius 1 is 0.469 bits per heavy atom. The molecule has 0 bridgehead atoms. The van der Waals surface area contributed by atoms with Gasteiger partial charge in [0.15, 0.2) is 43.9 Å². The molecule has 0 spiro atoms. The summed E-state index contributed by atoms with van der Waals surface area (Å²) < 4.78 is 120. The molecule has 8 heterocycles. The molecule has 8 aliphatic heterocycles. The van der Waals surface area contributed by atoms with Gasteiger partial charge in [0.25, 0.3) is 0 Å². The van der Waals surface area contributed by atoms with Crippen molar-refractivity contribution in [2.24, 2.45) is 43.6 Å². The number of aliphatic hydroxyl groups excluding tert-OH is 1.